The molecule has 0 aliphatic rings. The van der Waals surface area contributed by atoms with E-state index in [1.165, 1.54) is 22.7 Å². The van der Waals surface area contributed by atoms with Gasteiger partial charge in [-0.05, 0) is 28.1 Å². The van der Waals surface area contributed by atoms with E-state index in [9.17, 15) is 13.2 Å². The second kappa shape index (κ2) is 3.49. The third-order valence-electron chi connectivity index (χ3n) is 1.97. The highest BCUT2D eigenvalue weighted by atomic mass is 79.9. The molecule has 0 aromatic carbocycles. The number of nitrogens with zero attached hydrogens (tertiary/aromatic N) is 3. The summed E-state index contributed by atoms with van der Waals surface area (Å²) in [4.78, 5) is 3.43. The van der Waals surface area contributed by atoms with Crippen molar-refractivity contribution in [1.82, 2.24) is 9.38 Å². The quantitative estimate of drug-likeness (QED) is 0.748. The summed E-state index contributed by atoms with van der Waals surface area (Å²) in [5.41, 5.74) is -0.653. The van der Waals surface area contributed by atoms with Crippen LogP contribution in [0.5, 0.6) is 0 Å². The van der Waals surface area contributed by atoms with Crippen LogP contribution >= 0.6 is 15.9 Å². The highest BCUT2D eigenvalue weighted by molar-refractivity contribution is 9.10. The van der Waals surface area contributed by atoms with Gasteiger partial charge in [-0.15, -0.1) is 0 Å². The number of hydrogen-bond acceptors (Lipinski definition) is 2. The molecule has 7 heteroatoms. The fourth-order valence-corrected chi connectivity index (χ4v) is 1.88. The number of pyridine rings is 1. The molecule has 0 unspecified atom stereocenters. The van der Waals surface area contributed by atoms with Gasteiger partial charge in [0.2, 0.25) is 0 Å². The monoisotopic (exact) mass is 289 g/mol. The predicted molar refractivity (Wildman–Crippen MR) is 52.6 cm³/mol. The van der Waals surface area contributed by atoms with Gasteiger partial charge in [-0.25, -0.2) is 4.98 Å². The number of rotatable bonds is 0. The molecule has 0 saturated carbocycles. The third kappa shape index (κ3) is 1.65. The van der Waals surface area contributed by atoms with Gasteiger partial charge < -0.3 is 0 Å². The van der Waals surface area contributed by atoms with Crippen LogP contribution in [0.25, 0.3) is 5.65 Å². The van der Waals surface area contributed by atoms with Crippen LogP contribution in [0.3, 0.4) is 0 Å². The molecule has 2 heterocycles. The lowest BCUT2D eigenvalue weighted by atomic mass is 10.3. The van der Waals surface area contributed by atoms with Crippen molar-refractivity contribution in [2.45, 2.75) is 6.18 Å². The molecule has 0 bridgehead atoms. The van der Waals surface area contributed by atoms with Gasteiger partial charge in [0.15, 0.2) is 5.69 Å². The van der Waals surface area contributed by atoms with Crippen LogP contribution in [-0.2, 0) is 6.18 Å². The Hall–Kier alpha value is -1.55. The van der Waals surface area contributed by atoms with E-state index in [1.807, 2.05) is 6.07 Å². The molecule has 0 atom stereocenters. The molecule has 0 amide bonds. The van der Waals surface area contributed by atoms with E-state index < -0.39 is 11.9 Å². The molecular formula is C9H3BrF3N3. The van der Waals surface area contributed by atoms with Crippen molar-refractivity contribution in [3.63, 3.8) is 0 Å². The van der Waals surface area contributed by atoms with Crippen molar-refractivity contribution in [3.05, 3.63) is 34.2 Å². The summed E-state index contributed by atoms with van der Waals surface area (Å²) < 4.78 is 38.6. The van der Waals surface area contributed by atoms with Gasteiger partial charge in [0, 0.05) is 6.20 Å². The Balaban J connectivity index is 2.74. The first-order chi connectivity index (χ1) is 7.43. The molecule has 0 N–H and O–H groups in total. The van der Waals surface area contributed by atoms with E-state index in [4.69, 9.17) is 5.26 Å². The van der Waals surface area contributed by atoms with Crippen molar-refractivity contribution in [1.29, 1.82) is 5.26 Å². The number of nitriles is 1. The number of alkyl halides is 3. The van der Waals surface area contributed by atoms with Crippen LogP contribution in [0.15, 0.2) is 22.9 Å². The number of hydrogen-bond donors (Lipinski definition) is 0. The van der Waals surface area contributed by atoms with Crippen molar-refractivity contribution in [3.8, 4) is 6.07 Å². The maximum absolute atomic E-state index is 12.5. The molecule has 82 valence electrons. The Morgan fingerprint density at radius 2 is 2.12 bits per heavy atom. The van der Waals surface area contributed by atoms with Gasteiger partial charge in [-0.1, -0.05) is 0 Å². The Morgan fingerprint density at radius 1 is 1.44 bits per heavy atom. The Bertz CT molecular complexity index is 594. The van der Waals surface area contributed by atoms with Crippen molar-refractivity contribution < 1.29 is 13.2 Å². The van der Waals surface area contributed by atoms with Crippen LogP contribution in [0, 0.1) is 11.3 Å². The van der Waals surface area contributed by atoms with Crippen molar-refractivity contribution in [2.24, 2.45) is 0 Å². The summed E-state index contributed by atoms with van der Waals surface area (Å²) in [6, 6.07) is 4.54. The molecule has 0 aliphatic carbocycles. The molecule has 2 aromatic rings. The molecular weight excluding hydrogens is 287 g/mol. The molecule has 2 aromatic heterocycles. The topological polar surface area (TPSA) is 41.1 Å². The standard InChI is InChI=1S/C9H3BrF3N3/c10-8-7(9(11,12)13)15-6-3-5(4-14)1-2-16(6)8/h1-3H. The molecule has 2 rings (SSSR count). The average molecular weight is 290 g/mol. The van der Waals surface area contributed by atoms with Crippen LogP contribution in [0.4, 0.5) is 13.2 Å². The lowest BCUT2D eigenvalue weighted by molar-refractivity contribution is -0.141. The zero-order valence-corrected chi connectivity index (χ0v) is 9.17. The Kier molecular flexibility index (Phi) is 2.39. The molecule has 3 nitrogen and oxygen atoms in total. The highest BCUT2D eigenvalue weighted by Gasteiger charge is 2.37. The van der Waals surface area contributed by atoms with E-state index in [0.29, 0.717) is 0 Å². The van der Waals surface area contributed by atoms with E-state index in [-0.39, 0.29) is 15.8 Å². The first-order valence-corrected chi connectivity index (χ1v) is 4.87. The maximum atomic E-state index is 12.5. The lowest BCUT2D eigenvalue weighted by Crippen LogP contribution is -2.06. The van der Waals surface area contributed by atoms with Gasteiger partial charge >= 0.3 is 6.18 Å². The molecule has 0 radical (unpaired) electrons. The first-order valence-electron chi connectivity index (χ1n) is 4.08. The SMILES string of the molecule is N#Cc1ccn2c(Br)c(C(F)(F)F)nc2c1. The van der Waals surface area contributed by atoms with Gasteiger partial charge in [-0.3, -0.25) is 4.40 Å². The minimum absolute atomic E-state index is 0.0817. The number of fused-ring (bicyclic) bond motifs is 1. The second-order valence-corrected chi connectivity index (χ2v) is 3.76. The smallest absolute Gasteiger partial charge is 0.294 e. The highest BCUT2D eigenvalue weighted by Crippen LogP contribution is 2.34. The minimum Gasteiger partial charge on any atom is -0.294 e. The van der Waals surface area contributed by atoms with Crippen LogP contribution in [-0.4, -0.2) is 9.38 Å². The normalized spacial score (nSPS) is 11.7. The van der Waals surface area contributed by atoms with Gasteiger partial charge in [-0.2, -0.15) is 18.4 Å². The summed E-state index contributed by atoms with van der Waals surface area (Å²) in [5.74, 6) is 0. The van der Waals surface area contributed by atoms with E-state index in [1.54, 1.807) is 0 Å². The first kappa shape index (κ1) is 11.0. The van der Waals surface area contributed by atoms with Gasteiger partial charge in [0.25, 0.3) is 0 Å². The molecule has 0 fully saturated rings. The van der Waals surface area contributed by atoms with Gasteiger partial charge in [0.1, 0.15) is 10.3 Å². The molecule has 16 heavy (non-hydrogen) atoms. The van der Waals surface area contributed by atoms with Crippen LogP contribution < -0.4 is 0 Å². The minimum atomic E-state index is -4.52. The summed E-state index contributed by atoms with van der Waals surface area (Å²) in [6.45, 7) is 0. The van der Waals surface area contributed by atoms with Crippen molar-refractivity contribution in [2.75, 3.05) is 0 Å². The molecule has 0 spiro atoms. The average Bonchev–Trinajstić information content (AvgIpc) is 2.55. The number of aromatic nitrogens is 2. The van der Waals surface area contributed by atoms with E-state index >= 15 is 0 Å². The summed E-state index contributed by atoms with van der Waals surface area (Å²) in [5, 5.41) is 8.61. The zero-order valence-electron chi connectivity index (χ0n) is 7.59. The second-order valence-electron chi connectivity index (χ2n) is 3.00. The number of imidazole rings is 1. The zero-order chi connectivity index (χ0) is 11.9. The third-order valence-corrected chi connectivity index (χ3v) is 2.72. The largest absolute Gasteiger partial charge is 0.436 e. The molecule has 0 aliphatic heterocycles. The fraction of sp³-hybridized carbons (Fsp3) is 0.111. The summed E-state index contributed by atoms with van der Waals surface area (Å²) in [7, 11) is 0. The van der Waals surface area contributed by atoms with Crippen molar-refractivity contribution >= 4 is 21.6 Å². The van der Waals surface area contributed by atoms with Crippen LogP contribution in [0.1, 0.15) is 11.3 Å². The van der Waals surface area contributed by atoms with E-state index in [0.717, 1.165) is 0 Å². The lowest BCUT2D eigenvalue weighted by Gasteiger charge is -2.01. The Labute approximate surface area is 96.3 Å². The Morgan fingerprint density at radius 3 is 2.69 bits per heavy atom. The molecule has 0 saturated heterocycles. The van der Waals surface area contributed by atoms with Gasteiger partial charge in [0.05, 0.1) is 11.6 Å². The maximum Gasteiger partial charge on any atom is 0.436 e. The summed E-state index contributed by atoms with van der Waals surface area (Å²) in [6.07, 6.45) is -3.15. The predicted octanol–water partition coefficient (Wildman–Crippen LogP) is 2.99. The van der Waals surface area contributed by atoms with E-state index in [2.05, 4.69) is 20.9 Å². The summed E-state index contributed by atoms with van der Waals surface area (Å²) >= 11 is 2.83. The number of halogens is 4. The van der Waals surface area contributed by atoms with Crippen LogP contribution in [0.2, 0.25) is 0 Å². The fourth-order valence-electron chi connectivity index (χ4n) is 1.26.